The molecule has 0 fully saturated rings. The molecular weight excluding hydrogens is 332 g/mol. The third-order valence-corrected chi connectivity index (χ3v) is 4.13. The van der Waals surface area contributed by atoms with Gasteiger partial charge < -0.3 is 26.8 Å². The molecule has 8 nitrogen and oxygen atoms in total. The van der Waals surface area contributed by atoms with E-state index >= 15 is 0 Å². The summed E-state index contributed by atoms with van der Waals surface area (Å²) in [4.78, 5) is 20.2. The summed E-state index contributed by atoms with van der Waals surface area (Å²) in [7, 11) is 0. The maximum Gasteiger partial charge on any atom is 0.254 e. The number of hydrogen-bond donors (Lipinski definition) is 4. The molecule has 3 rings (SSSR count). The Morgan fingerprint density at radius 2 is 2.19 bits per heavy atom. The lowest BCUT2D eigenvalue weighted by atomic mass is 10.1. The summed E-state index contributed by atoms with van der Waals surface area (Å²) >= 11 is 0. The Labute approximate surface area is 151 Å². The number of hydrogen-bond acceptors (Lipinski definition) is 7. The fourth-order valence-electron chi connectivity index (χ4n) is 2.57. The van der Waals surface area contributed by atoms with E-state index in [1.165, 1.54) is 6.20 Å². The van der Waals surface area contributed by atoms with Crippen LogP contribution in [0, 0.1) is 0 Å². The molecule has 2 heterocycles. The standard InChI is InChI=1S/C18H22N6O2/c1-10(19)11(2)22-18-21-9-14(16(20)25)17(24-18)23-13-6-5-12-4-3-7-26-15(12)8-13/h5-6,8-9,11H,1,3-4,7,19H2,2H3,(H2,20,25)(H2,21,22,23,24)/t11-/m1/s1. The Kier molecular flexibility index (Phi) is 4.92. The van der Waals surface area contributed by atoms with Gasteiger partial charge in [-0.2, -0.15) is 4.98 Å². The molecule has 136 valence electrons. The number of benzene rings is 1. The van der Waals surface area contributed by atoms with Gasteiger partial charge in [0.05, 0.1) is 12.6 Å². The first kappa shape index (κ1) is 17.5. The van der Waals surface area contributed by atoms with Gasteiger partial charge in [-0.25, -0.2) is 4.98 Å². The van der Waals surface area contributed by atoms with Crippen LogP contribution in [0.4, 0.5) is 17.5 Å². The van der Waals surface area contributed by atoms with Crippen molar-refractivity contribution in [3.63, 3.8) is 0 Å². The summed E-state index contributed by atoms with van der Waals surface area (Å²) in [6.07, 6.45) is 3.38. The number of rotatable bonds is 6. The number of anilines is 3. The number of aromatic nitrogens is 2. The first-order valence-electron chi connectivity index (χ1n) is 8.34. The topological polar surface area (TPSA) is 128 Å². The van der Waals surface area contributed by atoms with Gasteiger partial charge in [-0.3, -0.25) is 4.79 Å². The first-order chi connectivity index (χ1) is 12.4. The molecule has 1 atom stereocenters. The Morgan fingerprint density at radius 1 is 1.38 bits per heavy atom. The Balaban J connectivity index is 1.89. The van der Waals surface area contributed by atoms with E-state index in [-0.39, 0.29) is 11.6 Å². The fourth-order valence-corrected chi connectivity index (χ4v) is 2.57. The molecule has 0 saturated carbocycles. The van der Waals surface area contributed by atoms with E-state index in [4.69, 9.17) is 16.2 Å². The number of carbonyl (C=O) groups excluding carboxylic acids is 1. The summed E-state index contributed by atoms with van der Waals surface area (Å²) in [6, 6.07) is 5.58. The number of primary amides is 1. The lowest BCUT2D eigenvalue weighted by molar-refractivity contribution is 0.100. The number of nitrogens with one attached hydrogen (secondary N) is 2. The average molecular weight is 354 g/mol. The van der Waals surface area contributed by atoms with Gasteiger partial charge in [0, 0.05) is 23.6 Å². The van der Waals surface area contributed by atoms with Gasteiger partial charge in [-0.05, 0) is 31.4 Å². The van der Waals surface area contributed by atoms with Crippen LogP contribution in [-0.4, -0.2) is 28.5 Å². The van der Waals surface area contributed by atoms with Crippen LogP contribution in [-0.2, 0) is 6.42 Å². The highest BCUT2D eigenvalue weighted by molar-refractivity contribution is 5.98. The van der Waals surface area contributed by atoms with E-state index in [0.29, 0.717) is 24.1 Å². The third kappa shape index (κ3) is 3.85. The molecular formula is C18H22N6O2. The quantitative estimate of drug-likeness (QED) is 0.624. The van der Waals surface area contributed by atoms with Crippen molar-refractivity contribution in [3.05, 3.63) is 47.8 Å². The molecule has 0 aliphatic carbocycles. The highest BCUT2D eigenvalue weighted by Gasteiger charge is 2.16. The number of nitrogens with two attached hydrogens (primary N) is 2. The summed E-state index contributed by atoms with van der Waals surface area (Å²) in [6.45, 7) is 6.22. The second-order valence-electron chi connectivity index (χ2n) is 6.16. The number of fused-ring (bicyclic) bond motifs is 1. The van der Waals surface area contributed by atoms with Crippen molar-refractivity contribution in [1.82, 2.24) is 9.97 Å². The molecule has 1 amide bonds. The van der Waals surface area contributed by atoms with Crippen LogP contribution >= 0.6 is 0 Å². The maximum absolute atomic E-state index is 11.7. The predicted octanol–water partition coefficient (Wildman–Crippen LogP) is 1.92. The molecule has 0 radical (unpaired) electrons. The molecule has 1 aromatic carbocycles. The smallest absolute Gasteiger partial charge is 0.254 e. The van der Waals surface area contributed by atoms with Crippen molar-refractivity contribution < 1.29 is 9.53 Å². The molecule has 2 aromatic rings. The molecule has 1 aliphatic heterocycles. The van der Waals surface area contributed by atoms with E-state index in [1.807, 2.05) is 25.1 Å². The minimum absolute atomic E-state index is 0.188. The van der Waals surface area contributed by atoms with Gasteiger partial charge in [-0.15, -0.1) is 0 Å². The maximum atomic E-state index is 11.7. The number of amides is 1. The Morgan fingerprint density at radius 3 is 2.92 bits per heavy atom. The number of ether oxygens (including phenoxy) is 1. The largest absolute Gasteiger partial charge is 0.493 e. The van der Waals surface area contributed by atoms with Gasteiger partial charge in [-0.1, -0.05) is 12.6 Å². The van der Waals surface area contributed by atoms with Crippen molar-refractivity contribution in [2.75, 3.05) is 17.2 Å². The normalized spacial score (nSPS) is 13.9. The molecule has 0 spiro atoms. The van der Waals surface area contributed by atoms with Crippen LogP contribution < -0.4 is 26.8 Å². The van der Waals surface area contributed by atoms with Crippen LogP contribution in [0.1, 0.15) is 29.3 Å². The number of aryl methyl sites for hydroxylation is 1. The average Bonchev–Trinajstić information content (AvgIpc) is 2.61. The highest BCUT2D eigenvalue weighted by atomic mass is 16.5. The fraction of sp³-hybridized carbons (Fsp3) is 0.278. The molecule has 0 bridgehead atoms. The lowest BCUT2D eigenvalue weighted by Crippen LogP contribution is -2.24. The minimum atomic E-state index is -0.621. The molecule has 0 saturated heterocycles. The van der Waals surface area contributed by atoms with Crippen molar-refractivity contribution in [2.24, 2.45) is 11.5 Å². The van der Waals surface area contributed by atoms with Crippen molar-refractivity contribution >= 4 is 23.4 Å². The first-order valence-corrected chi connectivity index (χ1v) is 8.34. The highest BCUT2D eigenvalue weighted by Crippen LogP contribution is 2.29. The predicted molar refractivity (Wildman–Crippen MR) is 101 cm³/mol. The zero-order valence-corrected chi connectivity index (χ0v) is 14.6. The van der Waals surface area contributed by atoms with Gasteiger partial charge in [0.15, 0.2) is 0 Å². The van der Waals surface area contributed by atoms with E-state index in [0.717, 1.165) is 29.8 Å². The van der Waals surface area contributed by atoms with E-state index in [9.17, 15) is 4.79 Å². The van der Waals surface area contributed by atoms with Crippen molar-refractivity contribution in [2.45, 2.75) is 25.8 Å². The van der Waals surface area contributed by atoms with Crippen LogP contribution in [0.5, 0.6) is 5.75 Å². The molecule has 1 aromatic heterocycles. The summed E-state index contributed by atoms with van der Waals surface area (Å²) < 4.78 is 5.68. The van der Waals surface area contributed by atoms with Crippen molar-refractivity contribution in [1.29, 1.82) is 0 Å². The zero-order chi connectivity index (χ0) is 18.7. The van der Waals surface area contributed by atoms with Crippen LogP contribution in [0.2, 0.25) is 0 Å². The van der Waals surface area contributed by atoms with Crippen molar-refractivity contribution in [3.8, 4) is 5.75 Å². The molecule has 1 aliphatic rings. The molecule has 8 heteroatoms. The van der Waals surface area contributed by atoms with Crippen LogP contribution in [0.3, 0.4) is 0 Å². The van der Waals surface area contributed by atoms with Crippen LogP contribution in [0.15, 0.2) is 36.7 Å². The second kappa shape index (κ2) is 7.30. The summed E-state index contributed by atoms with van der Waals surface area (Å²) in [5.74, 6) is 0.832. The monoisotopic (exact) mass is 354 g/mol. The SMILES string of the molecule is C=C(N)[C@@H](C)Nc1ncc(C(N)=O)c(Nc2ccc3c(c2)OCCC3)n1. The lowest BCUT2D eigenvalue weighted by Gasteiger charge is -2.19. The minimum Gasteiger partial charge on any atom is -0.493 e. The van der Waals surface area contributed by atoms with Gasteiger partial charge in [0.25, 0.3) is 5.91 Å². The van der Waals surface area contributed by atoms with Gasteiger partial charge in [0.1, 0.15) is 17.1 Å². The van der Waals surface area contributed by atoms with Gasteiger partial charge in [0.2, 0.25) is 5.95 Å². The van der Waals surface area contributed by atoms with E-state index in [2.05, 4.69) is 27.2 Å². The number of nitrogens with zero attached hydrogens (tertiary/aromatic N) is 2. The Hall–Kier alpha value is -3.29. The molecule has 6 N–H and O–H groups in total. The molecule has 0 unspecified atom stereocenters. The van der Waals surface area contributed by atoms with Crippen LogP contribution in [0.25, 0.3) is 0 Å². The van der Waals surface area contributed by atoms with E-state index < -0.39 is 5.91 Å². The summed E-state index contributed by atoms with van der Waals surface area (Å²) in [5.41, 5.74) is 13.7. The zero-order valence-electron chi connectivity index (χ0n) is 14.6. The second-order valence-corrected chi connectivity index (χ2v) is 6.16. The molecule has 26 heavy (non-hydrogen) atoms. The van der Waals surface area contributed by atoms with Gasteiger partial charge >= 0.3 is 0 Å². The Bertz CT molecular complexity index is 852. The summed E-state index contributed by atoms with van der Waals surface area (Å²) in [5, 5.41) is 6.14. The number of carbonyl (C=O) groups is 1. The van der Waals surface area contributed by atoms with E-state index in [1.54, 1.807) is 0 Å². The third-order valence-electron chi connectivity index (χ3n) is 4.13.